The molecule has 0 bridgehead atoms. The van der Waals surface area contributed by atoms with Crippen LogP contribution >= 0.6 is 0 Å². The second kappa shape index (κ2) is 11.1. The first-order chi connectivity index (χ1) is 17.5. The highest BCUT2D eigenvalue weighted by Gasteiger charge is 2.55. The highest BCUT2D eigenvalue weighted by molar-refractivity contribution is 5.90. The van der Waals surface area contributed by atoms with E-state index in [0.717, 1.165) is 44.1 Å². The van der Waals surface area contributed by atoms with Gasteiger partial charge in [-0.05, 0) is 67.3 Å². The largest absolute Gasteiger partial charge is 0.463 e. The van der Waals surface area contributed by atoms with E-state index in [0.29, 0.717) is 25.6 Å². The van der Waals surface area contributed by atoms with Crippen molar-refractivity contribution in [1.29, 1.82) is 0 Å². The molecule has 0 radical (unpaired) electrons. The van der Waals surface area contributed by atoms with Crippen molar-refractivity contribution in [3.63, 3.8) is 0 Å². The van der Waals surface area contributed by atoms with E-state index >= 15 is 0 Å². The molecule has 37 heavy (non-hydrogen) atoms. The molecule has 1 saturated heterocycles. The number of hydrogen-bond acceptors (Lipinski definition) is 9. The van der Waals surface area contributed by atoms with Gasteiger partial charge in [-0.3, -0.25) is 4.79 Å². The van der Waals surface area contributed by atoms with E-state index in [-0.39, 0.29) is 29.3 Å². The molecule has 208 valence electrons. The van der Waals surface area contributed by atoms with Crippen molar-refractivity contribution in [2.45, 2.75) is 96.4 Å². The third-order valence-corrected chi connectivity index (χ3v) is 9.35. The van der Waals surface area contributed by atoms with Crippen LogP contribution in [0.5, 0.6) is 0 Å². The fraction of sp³-hybridized carbons (Fsp3) is 0.786. The van der Waals surface area contributed by atoms with Crippen LogP contribution in [0.3, 0.4) is 0 Å². The van der Waals surface area contributed by atoms with Crippen LogP contribution in [0, 0.1) is 22.7 Å². The number of aliphatic hydroxyl groups excluding tert-OH is 3. The molecule has 2 heterocycles. The molecule has 0 aromatic heterocycles. The molecule has 9 heteroatoms. The Morgan fingerprint density at radius 1 is 1.19 bits per heavy atom. The highest BCUT2D eigenvalue weighted by atomic mass is 16.7. The highest BCUT2D eigenvalue weighted by Crippen LogP contribution is 2.62. The molecule has 3 fully saturated rings. The number of fused-ring (bicyclic) bond motifs is 1. The van der Waals surface area contributed by atoms with Crippen molar-refractivity contribution >= 4 is 11.9 Å². The van der Waals surface area contributed by atoms with Gasteiger partial charge in [-0.2, -0.15) is 0 Å². The third-order valence-electron chi connectivity index (χ3n) is 9.35. The molecule has 2 aliphatic carbocycles. The number of allylic oxidation sites excluding steroid dienone is 1. The van der Waals surface area contributed by atoms with Crippen molar-refractivity contribution in [3.05, 3.63) is 23.8 Å². The van der Waals surface area contributed by atoms with Gasteiger partial charge in [-0.1, -0.05) is 32.4 Å². The quantitative estimate of drug-likeness (QED) is 0.325. The van der Waals surface area contributed by atoms with Crippen LogP contribution in [-0.4, -0.2) is 77.8 Å². The van der Waals surface area contributed by atoms with Gasteiger partial charge in [0, 0.05) is 12.5 Å². The second-order valence-electron chi connectivity index (χ2n) is 11.8. The number of cyclic esters (lactones) is 1. The lowest BCUT2D eigenvalue weighted by atomic mass is 9.47. The number of esters is 2. The van der Waals surface area contributed by atoms with Gasteiger partial charge in [0.15, 0.2) is 6.29 Å². The normalized spacial score (nSPS) is 42.1. The topological polar surface area (TPSA) is 132 Å². The predicted octanol–water partition coefficient (Wildman–Crippen LogP) is 2.42. The molecule has 0 unspecified atom stereocenters. The number of carbonyl (C=O) groups excluding carboxylic acids is 2. The van der Waals surface area contributed by atoms with E-state index < -0.39 is 36.7 Å². The zero-order chi connectivity index (χ0) is 27.0. The fourth-order valence-electron chi connectivity index (χ4n) is 7.35. The van der Waals surface area contributed by atoms with Crippen molar-refractivity contribution < 1.29 is 43.9 Å². The van der Waals surface area contributed by atoms with Crippen LogP contribution in [0.25, 0.3) is 0 Å². The number of hydrogen-bond donors (Lipinski definition) is 3. The lowest BCUT2D eigenvalue weighted by Crippen LogP contribution is -2.60. The molecule has 0 spiro atoms. The van der Waals surface area contributed by atoms with E-state index in [1.54, 1.807) is 0 Å². The van der Waals surface area contributed by atoms with Crippen LogP contribution in [-0.2, 0) is 28.5 Å². The molecule has 0 aromatic carbocycles. The SMILES string of the molecule is C=C1CC[C@@H]2[C@](C)(CO[C@H]3O[C@H](COC(C)=O)[C@@H](O)[C@H](O)[C@H]3O)CCC[C@@]2(C)[C@@H]1CCC1=CCOC1=O. The first-order valence-corrected chi connectivity index (χ1v) is 13.4. The van der Waals surface area contributed by atoms with Gasteiger partial charge in [-0.25, -0.2) is 4.79 Å². The molecule has 9 nitrogen and oxygen atoms in total. The fourth-order valence-corrected chi connectivity index (χ4v) is 7.35. The van der Waals surface area contributed by atoms with E-state index in [1.807, 2.05) is 6.08 Å². The molecule has 4 aliphatic rings. The summed E-state index contributed by atoms with van der Waals surface area (Å²) in [5.74, 6) is -0.128. The first kappa shape index (κ1) is 28.2. The summed E-state index contributed by atoms with van der Waals surface area (Å²) >= 11 is 0. The Labute approximate surface area is 218 Å². The van der Waals surface area contributed by atoms with Crippen molar-refractivity contribution in [3.8, 4) is 0 Å². The first-order valence-electron chi connectivity index (χ1n) is 13.4. The van der Waals surface area contributed by atoms with Crippen molar-refractivity contribution in [1.82, 2.24) is 0 Å². The molecule has 0 aromatic rings. The van der Waals surface area contributed by atoms with Gasteiger partial charge >= 0.3 is 11.9 Å². The standard InChI is InChI=1S/C28H42O9/c1-16-6-9-21-27(3,11-5-12-28(21,4)19(16)8-7-18-10-13-34-25(18)33)15-36-26-24(32)23(31)22(30)20(37-26)14-35-17(2)29/h10,19-24,26,30-32H,1,5-9,11-15H2,2-4H3/t19-,20-,21-,22-,23+,24-,26+,27+,28+/m1/s1. The van der Waals surface area contributed by atoms with Crippen LogP contribution in [0.1, 0.15) is 65.7 Å². The molecule has 0 amide bonds. The summed E-state index contributed by atoms with van der Waals surface area (Å²) in [6.45, 7) is 10.7. The summed E-state index contributed by atoms with van der Waals surface area (Å²) in [5, 5.41) is 31.2. The predicted molar refractivity (Wildman–Crippen MR) is 133 cm³/mol. The monoisotopic (exact) mass is 522 g/mol. The Kier molecular flexibility index (Phi) is 8.50. The minimum atomic E-state index is -1.48. The Hall–Kier alpha value is -1.78. The van der Waals surface area contributed by atoms with Gasteiger partial charge in [0.25, 0.3) is 0 Å². The van der Waals surface area contributed by atoms with Gasteiger partial charge < -0.3 is 34.3 Å². The Balaban J connectivity index is 1.45. The molecular weight excluding hydrogens is 480 g/mol. The average Bonchev–Trinajstić information content (AvgIpc) is 3.25. The van der Waals surface area contributed by atoms with Crippen LogP contribution < -0.4 is 0 Å². The van der Waals surface area contributed by atoms with E-state index in [1.165, 1.54) is 12.5 Å². The summed E-state index contributed by atoms with van der Waals surface area (Å²) in [5.41, 5.74) is 1.79. The van der Waals surface area contributed by atoms with Crippen molar-refractivity contribution in [2.24, 2.45) is 22.7 Å². The molecule has 3 N–H and O–H groups in total. The molecule has 2 aliphatic heterocycles. The lowest BCUT2D eigenvalue weighted by molar-refractivity contribution is -0.310. The molecule has 2 saturated carbocycles. The van der Waals surface area contributed by atoms with Crippen LogP contribution in [0.4, 0.5) is 0 Å². The maximum Gasteiger partial charge on any atom is 0.334 e. The van der Waals surface area contributed by atoms with Crippen LogP contribution in [0.2, 0.25) is 0 Å². The summed E-state index contributed by atoms with van der Waals surface area (Å²) in [7, 11) is 0. The summed E-state index contributed by atoms with van der Waals surface area (Å²) in [6, 6.07) is 0. The smallest absolute Gasteiger partial charge is 0.334 e. The lowest BCUT2D eigenvalue weighted by Gasteiger charge is -2.59. The van der Waals surface area contributed by atoms with Gasteiger partial charge in [0.1, 0.15) is 37.6 Å². The van der Waals surface area contributed by atoms with E-state index in [4.69, 9.17) is 18.9 Å². The zero-order valence-corrected chi connectivity index (χ0v) is 22.2. The minimum Gasteiger partial charge on any atom is -0.463 e. The summed E-state index contributed by atoms with van der Waals surface area (Å²) < 4.78 is 21.9. The minimum absolute atomic E-state index is 0.00558. The average molecular weight is 523 g/mol. The Morgan fingerprint density at radius 2 is 1.95 bits per heavy atom. The number of aliphatic hydroxyl groups is 3. The zero-order valence-electron chi connectivity index (χ0n) is 22.2. The van der Waals surface area contributed by atoms with E-state index in [2.05, 4.69) is 20.4 Å². The summed E-state index contributed by atoms with van der Waals surface area (Å²) in [4.78, 5) is 23.2. The third kappa shape index (κ3) is 5.66. The molecular formula is C28H42O9. The molecule has 4 rings (SSSR count). The Bertz CT molecular complexity index is 915. The number of rotatable bonds is 8. The molecule has 9 atom stereocenters. The number of carbonyl (C=O) groups is 2. The van der Waals surface area contributed by atoms with E-state index in [9.17, 15) is 24.9 Å². The van der Waals surface area contributed by atoms with Crippen LogP contribution in [0.15, 0.2) is 23.8 Å². The summed E-state index contributed by atoms with van der Waals surface area (Å²) in [6.07, 6.45) is 1.89. The maximum atomic E-state index is 12.0. The maximum absolute atomic E-state index is 12.0. The second-order valence-corrected chi connectivity index (χ2v) is 11.8. The van der Waals surface area contributed by atoms with Gasteiger partial charge in [0.05, 0.1) is 6.61 Å². The van der Waals surface area contributed by atoms with Gasteiger partial charge in [0.2, 0.25) is 0 Å². The van der Waals surface area contributed by atoms with Gasteiger partial charge in [-0.15, -0.1) is 0 Å². The number of ether oxygens (including phenoxy) is 4. The Morgan fingerprint density at radius 3 is 2.62 bits per heavy atom. The van der Waals surface area contributed by atoms with Crippen molar-refractivity contribution in [2.75, 3.05) is 19.8 Å².